The summed E-state index contributed by atoms with van der Waals surface area (Å²) >= 11 is 6.22. The number of sulfone groups is 1. The van der Waals surface area contributed by atoms with Crippen LogP contribution in [0.2, 0.25) is 5.02 Å². The Kier molecular flexibility index (Phi) is 5.62. The molecule has 1 aliphatic heterocycles. The Morgan fingerprint density at radius 3 is 2.60 bits per heavy atom. The molecule has 0 unspecified atom stereocenters. The first-order chi connectivity index (χ1) is 14.3. The predicted octanol–water partition coefficient (Wildman–Crippen LogP) is 3.87. The first-order valence-corrected chi connectivity index (χ1v) is 11.5. The van der Waals surface area contributed by atoms with Crippen molar-refractivity contribution in [3.63, 3.8) is 0 Å². The average molecular weight is 448 g/mol. The van der Waals surface area contributed by atoms with E-state index in [-0.39, 0.29) is 42.7 Å². The highest BCUT2D eigenvalue weighted by Gasteiger charge is 2.34. The van der Waals surface area contributed by atoms with Crippen LogP contribution in [0.5, 0.6) is 0 Å². The lowest BCUT2D eigenvalue weighted by atomic mass is 10.1. The lowest BCUT2D eigenvalue weighted by molar-refractivity contribution is 0.0760. The smallest absolute Gasteiger partial charge is 0.271 e. The summed E-state index contributed by atoms with van der Waals surface area (Å²) in [5.41, 5.74) is 2.00. The van der Waals surface area contributed by atoms with E-state index in [1.54, 1.807) is 42.5 Å². The molecule has 0 saturated carbocycles. The fourth-order valence-corrected chi connectivity index (χ4v) is 5.75. The van der Waals surface area contributed by atoms with E-state index in [4.69, 9.17) is 11.6 Å². The summed E-state index contributed by atoms with van der Waals surface area (Å²) in [5.74, 6) is -0.830. The Morgan fingerprint density at radius 1 is 1.13 bits per heavy atom. The van der Waals surface area contributed by atoms with E-state index in [9.17, 15) is 17.6 Å². The van der Waals surface area contributed by atoms with E-state index >= 15 is 0 Å². The van der Waals surface area contributed by atoms with Crippen molar-refractivity contribution in [2.45, 2.75) is 11.7 Å². The Labute approximate surface area is 178 Å². The summed E-state index contributed by atoms with van der Waals surface area (Å²) in [6.45, 7) is 0.367. The molecule has 0 aliphatic carbocycles. The summed E-state index contributed by atoms with van der Waals surface area (Å²) in [5, 5.41) is 6.49. The maximum Gasteiger partial charge on any atom is 0.271 e. The number of benzene rings is 2. The minimum atomic E-state index is -3.47. The second kappa shape index (κ2) is 8.20. The van der Waals surface area contributed by atoms with Gasteiger partial charge in [-0.15, -0.1) is 0 Å². The largest absolute Gasteiger partial charge is 0.336 e. The van der Waals surface area contributed by atoms with Gasteiger partial charge in [-0.2, -0.15) is 5.10 Å². The standard InChI is InChI=1S/C21H19ClFN3O3S/c22-17-4-2-1-3-16(17)20-9-10-26(11-12-30(20,28)29)21(27)19-13-18(24-25-19)14-5-7-15(23)8-6-14/h1-8,13,20H,9-12H2,(H,24,25)/t20-/m0/s1. The lowest BCUT2D eigenvalue weighted by Crippen LogP contribution is -2.33. The molecular weight excluding hydrogens is 429 g/mol. The molecule has 2 heterocycles. The van der Waals surface area contributed by atoms with E-state index in [2.05, 4.69) is 10.2 Å². The maximum absolute atomic E-state index is 13.1. The Hall–Kier alpha value is -2.71. The van der Waals surface area contributed by atoms with E-state index in [0.717, 1.165) is 0 Å². The summed E-state index contributed by atoms with van der Waals surface area (Å²) in [6, 6.07) is 14.3. The molecule has 0 radical (unpaired) electrons. The zero-order valence-corrected chi connectivity index (χ0v) is 17.5. The van der Waals surface area contributed by atoms with Gasteiger partial charge in [0.2, 0.25) is 0 Å². The predicted molar refractivity (Wildman–Crippen MR) is 112 cm³/mol. The zero-order chi connectivity index (χ0) is 21.3. The Morgan fingerprint density at radius 2 is 1.87 bits per heavy atom. The number of carbonyl (C=O) groups excluding carboxylic acids is 1. The first-order valence-electron chi connectivity index (χ1n) is 9.42. The fourth-order valence-electron chi connectivity index (χ4n) is 3.60. The molecule has 30 heavy (non-hydrogen) atoms. The molecule has 0 bridgehead atoms. The number of hydrogen-bond donors (Lipinski definition) is 1. The van der Waals surface area contributed by atoms with Crippen LogP contribution in [0.3, 0.4) is 0 Å². The van der Waals surface area contributed by atoms with Crippen molar-refractivity contribution in [1.82, 2.24) is 15.1 Å². The van der Waals surface area contributed by atoms with Crippen molar-refractivity contribution in [3.05, 3.63) is 76.7 Å². The van der Waals surface area contributed by atoms with Gasteiger partial charge in [-0.05, 0) is 48.4 Å². The quantitative estimate of drug-likeness (QED) is 0.660. The van der Waals surface area contributed by atoms with Crippen LogP contribution in [0.4, 0.5) is 4.39 Å². The Bertz CT molecular complexity index is 1180. The number of rotatable bonds is 3. The van der Waals surface area contributed by atoms with E-state index in [1.165, 1.54) is 17.0 Å². The molecule has 3 aromatic rings. The minimum Gasteiger partial charge on any atom is -0.336 e. The van der Waals surface area contributed by atoms with Crippen LogP contribution in [0.1, 0.15) is 27.7 Å². The van der Waals surface area contributed by atoms with Gasteiger partial charge >= 0.3 is 0 Å². The summed E-state index contributed by atoms with van der Waals surface area (Å²) in [4.78, 5) is 14.5. The Balaban J connectivity index is 1.54. The SMILES string of the molecule is O=C(c1cc(-c2ccc(F)cc2)n[nH]1)N1CC[C@@H](c2ccccc2Cl)S(=O)(=O)CC1. The molecule has 4 rings (SSSR count). The molecule has 6 nitrogen and oxygen atoms in total. The molecule has 1 atom stereocenters. The summed E-state index contributed by atoms with van der Waals surface area (Å²) in [7, 11) is -3.47. The highest BCUT2D eigenvalue weighted by Crippen LogP contribution is 2.34. The summed E-state index contributed by atoms with van der Waals surface area (Å²) < 4.78 is 38.8. The molecule has 1 fully saturated rings. The van der Waals surface area contributed by atoms with Crippen LogP contribution < -0.4 is 0 Å². The normalized spacial score (nSPS) is 18.7. The third kappa shape index (κ3) is 4.11. The zero-order valence-electron chi connectivity index (χ0n) is 15.9. The number of halogens is 2. The fraction of sp³-hybridized carbons (Fsp3) is 0.238. The van der Waals surface area contributed by atoms with E-state index < -0.39 is 15.1 Å². The second-order valence-corrected chi connectivity index (χ2v) is 9.84. The topological polar surface area (TPSA) is 83.1 Å². The molecule has 1 aromatic heterocycles. The van der Waals surface area contributed by atoms with E-state index in [1.807, 2.05) is 0 Å². The van der Waals surface area contributed by atoms with Crippen molar-refractivity contribution in [2.24, 2.45) is 0 Å². The van der Waals surface area contributed by atoms with Gasteiger partial charge in [0.15, 0.2) is 9.84 Å². The van der Waals surface area contributed by atoms with Crippen LogP contribution in [0, 0.1) is 5.82 Å². The van der Waals surface area contributed by atoms with Gasteiger partial charge in [-0.25, -0.2) is 12.8 Å². The van der Waals surface area contributed by atoms with Gasteiger partial charge in [0.25, 0.3) is 5.91 Å². The molecule has 1 saturated heterocycles. The molecular formula is C21H19ClFN3O3S. The molecule has 1 aliphatic rings. The van der Waals surface area contributed by atoms with Gasteiger partial charge in [0.05, 0.1) is 16.7 Å². The number of nitrogens with zero attached hydrogens (tertiary/aromatic N) is 2. The molecule has 156 valence electrons. The van der Waals surface area contributed by atoms with Crippen molar-refractivity contribution in [3.8, 4) is 11.3 Å². The van der Waals surface area contributed by atoms with Crippen LogP contribution in [0.15, 0.2) is 54.6 Å². The number of aromatic nitrogens is 2. The number of nitrogens with one attached hydrogen (secondary N) is 1. The molecule has 9 heteroatoms. The average Bonchev–Trinajstić information content (AvgIpc) is 3.15. The number of amides is 1. The van der Waals surface area contributed by atoms with Crippen LogP contribution in [0.25, 0.3) is 11.3 Å². The van der Waals surface area contributed by atoms with Crippen LogP contribution in [-0.2, 0) is 9.84 Å². The van der Waals surface area contributed by atoms with Crippen molar-refractivity contribution in [1.29, 1.82) is 0 Å². The van der Waals surface area contributed by atoms with Gasteiger partial charge in [0, 0.05) is 23.7 Å². The highest BCUT2D eigenvalue weighted by atomic mass is 35.5. The minimum absolute atomic E-state index is 0.0903. The van der Waals surface area contributed by atoms with E-state index in [0.29, 0.717) is 21.8 Å². The number of hydrogen-bond acceptors (Lipinski definition) is 4. The third-order valence-electron chi connectivity index (χ3n) is 5.23. The van der Waals surface area contributed by atoms with Gasteiger partial charge in [0.1, 0.15) is 11.5 Å². The summed E-state index contributed by atoms with van der Waals surface area (Å²) in [6.07, 6.45) is 0.261. The molecule has 1 N–H and O–H groups in total. The van der Waals surface area contributed by atoms with Crippen molar-refractivity contribution < 1.29 is 17.6 Å². The first kappa shape index (κ1) is 20.6. The lowest BCUT2D eigenvalue weighted by Gasteiger charge is -2.19. The van der Waals surface area contributed by atoms with Gasteiger partial charge in [-0.1, -0.05) is 29.8 Å². The molecule has 1 amide bonds. The van der Waals surface area contributed by atoms with Gasteiger partial charge < -0.3 is 4.90 Å². The number of carbonyl (C=O) groups is 1. The monoisotopic (exact) mass is 447 g/mol. The molecule has 0 spiro atoms. The van der Waals surface area contributed by atoms with Gasteiger partial charge in [-0.3, -0.25) is 9.89 Å². The molecule has 2 aromatic carbocycles. The maximum atomic E-state index is 13.1. The van der Waals surface area contributed by atoms with Crippen molar-refractivity contribution in [2.75, 3.05) is 18.8 Å². The third-order valence-corrected chi connectivity index (χ3v) is 7.68. The highest BCUT2D eigenvalue weighted by molar-refractivity contribution is 7.91. The number of aromatic amines is 1. The number of H-pyrrole nitrogens is 1. The van der Waals surface area contributed by atoms with Crippen LogP contribution >= 0.6 is 11.6 Å². The van der Waals surface area contributed by atoms with Crippen LogP contribution in [-0.4, -0.2) is 48.3 Å². The van der Waals surface area contributed by atoms with Crippen molar-refractivity contribution >= 4 is 27.3 Å². The second-order valence-electron chi connectivity index (χ2n) is 7.13.